The number of rotatable bonds is 25. The van der Waals surface area contributed by atoms with Gasteiger partial charge >= 0.3 is 12.1 Å². The third-order valence-corrected chi connectivity index (χ3v) is 14.7. The monoisotopic (exact) mass is 1150 g/mol. The van der Waals surface area contributed by atoms with Crippen molar-refractivity contribution in [3.05, 3.63) is 287 Å². The summed E-state index contributed by atoms with van der Waals surface area (Å²) in [6.45, 7) is -1.10. The molecule has 0 radical (unpaired) electrons. The summed E-state index contributed by atoms with van der Waals surface area (Å²) >= 11 is 0. The van der Waals surface area contributed by atoms with Gasteiger partial charge in [0.15, 0.2) is 18.7 Å². The molecule has 2 aliphatic heterocycles. The average molecular weight is 1150 g/mol. The highest BCUT2D eigenvalue weighted by atomic mass is 16.7. The van der Waals surface area contributed by atoms with Crippen molar-refractivity contribution in [3.63, 3.8) is 0 Å². The second-order valence-electron chi connectivity index (χ2n) is 20.6. The lowest BCUT2D eigenvalue weighted by Crippen LogP contribution is -2.68. The number of alkyl carbamates (subject to hydrolysis) is 1. The highest BCUT2D eigenvalue weighted by molar-refractivity contribution is 5.80. The molecule has 2 heterocycles. The smallest absolute Gasteiger partial charge is 0.407 e. The van der Waals surface area contributed by atoms with Gasteiger partial charge < -0.3 is 63.5 Å². The Morgan fingerprint density at radius 3 is 1.32 bits per heavy atom. The number of amides is 2. The Morgan fingerprint density at radius 2 is 0.847 bits per heavy atom. The zero-order valence-electron chi connectivity index (χ0n) is 46.6. The lowest BCUT2D eigenvalue weighted by Gasteiger charge is -2.48. The van der Waals surface area contributed by atoms with Crippen LogP contribution in [0, 0.1) is 0 Å². The maximum Gasteiger partial charge on any atom is 0.407 e. The van der Waals surface area contributed by atoms with Gasteiger partial charge in [0.25, 0.3) is 0 Å². The molecule has 8 aromatic carbocycles. The van der Waals surface area contributed by atoms with Gasteiger partial charge in [0.2, 0.25) is 5.91 Å². The lowest BCUT2D eigenvalue weighted by molar-refractivity contribution is -0.351. The summed E-state index contributed by atoms with van der Waals surface area (Å²) in [5.41, 5.74) is 4.82. The molecule has 0 spiro atoms. The van der Waals surface area contributed by atoms with E-state index in [1.807, 2.05) is 218 Å². The van der Waals surface area contributed by atoms with E-state index in [4.69, 9.17) is 42.6 Å². The van der Waals surface area contributed by atoms with E-state index in [0.29, 0.717) is 11.1 Å². The highest BCUT2D eigenvalue weighted by Crippen LogP contribution is 2.38. The van der Waals surface area contributed by atoms with Crippen LogP contribution in [0.4, 0.5) is 4.79 Å². The van der Waals surface area contributed by atoms with E-state index < -0.39 is 91.5 Å². The Kier molecular flexibility index (Phi) is 21.0. The lowest BCUT2D eigenvalue weighted by atomic mass is 9.77. The van der Waals surface area contributed by atoms with Crippen LogP contribution in [0.1, 0.15) is 44.5 Å². The van der Waals surface area contributed by atoms with E-state index >= 15 is 0 Å². The molecular formula is C69H68N2O14. The predicted octanol–water partition coefficient (Wildman–Crippen LogP) is 9.09. The molecule has 0 aromatic heterocycles. The first-order valence-corrected chi connectivity index (χ1v) is 28.2. The van der Waals surface area contributed by atoms with Crippen LogP contribution in [0.3, 0.4) is 0 Å². The van der Waals surface area contributed by atoms with Crippen molar-refractivity contribution < 1.29 is 67.2 Å². The van der Waals surface area contributed by atoms with Gasteiger partial charge in [-0.1, -0.05) is 243 Å². The summed E-state index contributed by atoms with van der Waals surface area (Å²) in [6.07, 6.45) is -14.8. The molecule has 4 N–H and O–H groups in total. The molecule has 0 saturated carbocycles. The molecule has 438 valence electrons. The number of benzene rings is 8. The molecule has 2 aliphatic rings. The number of carbonyl (C=O) groups excluding carboxylic acids is 3. The Hall–Kier alpha value is -8.39. The largest absolute Gasteiger partial charge is 0.459 e. The molecule has 16 nitrogen and oxygen atoms in total. The summed E-state index contributed by atoms with van der Waals surface area (Å²) in [4.78, 5) is 43.4. The molecule has 10 rings (SSSR count). The number of aliphatic hydroxyl groups is 2. The van der Waals surface area contributed by atoms with Crippen LogP contribution in [0.15, 0.2) is 243 Å². The Morgan fingerprint density at radius 1 is 0.435 bits per heavy atom. The molecule has 2 amide bonds. The molecule has 16 heteroatoms. The van der Waals surface area contributed by atoms with E-state index in [0.717, 1.165) is 33.4 Å². The Bertz CT molecular complexity index is 3190. The second-order valence-corrected chi connectivity index (χ2v) is 20.6. The van der Waals surface area contributed by atoms with E-state index in [1.54, 1.807) is 24.3 Å². The van der Waals surface area contributed by atoms with Crippen molar-refractivity contribution in [2.45, 2.75) is 99.9 Å². The van der Waals surface area contributed by atoms with Crippen LogP contribution < -0.4 is 10.6 Å². The fraction of sp³-hybridized carbons (Fsp3) is 0.261. The number of ether oxygens (including phenoxy) is 9. The minimum absolute atomic E-state index is 0.00430. The van der Waals surface area contributed by atoms with Gasteiger partial charge in [-0.05, 0) is 44.5 Å². The first-order valence-electron chi connectivity index (χ1n) is 28.2. The third kappa shape index (κ3) is 15.7. The van der Waals surface area contributed by atoms with Gasteiger partial charge in [-0.25, -0.2) is 9.59 Å². The van der Waals surface area contributed by atoms with E-state index in [1.165, 1.54) is 0 Å². The number of hydrogen-bond donors (Lipinski definition) is 4. The van der Waals surface area contributed by atoms with Crippen molar-refractivity contribution in [3.8, 4) is 0 Å². The van der Waals surface area contributed by atoms with E-state index in [-0.39, 0.29) is 39.6 Å². The standard InChI is InChI=1S/C69H68N2O14/c72-57(71-69(53-35-19-6-20-36-53,54-37-21-7-22-38-54)55-39-23-8-24-40-55)47-81-66-58(70-68(76)82-45-52-33-17-5-18-34-52)59(73)61(56(83-66)46-77-41-48-25-9-1-10-26-48)84-67-60(74)62(78-42-49-27-11-2-12-28-49)63(79-43-50-29-13-3-14-30-50)64(85-67)65(75)80-44-51-31-15-4-16-32-51/h1-40,56,58-64,66-67,73-74H,41-47H2,(H,70,76)(H,71,72)/t56-,58-,59+,60-,61-,62-,63+,64+,66-,67-/m1/s1. The second kappa shape index (κ2) is 29.9. The highest BCUT2D eigenvalue weighted by Gasteiger charge is 2.55. The third-order valence-electron chi connectivity index (χ3n) is 14.7. The zero-order chi connectivity index (χ0) is 58.6. The summed E-state index contributed by atoms with van der Waals surface area (Å²) in [5, 5.41) is 31.5. The number of nitrogens with one attached hydrogen (secondary N) is 2. The maximum atomic E-state index is 14.8. The molecular weight excluding hydrogens is 1080 g/mol. The molecule has 85 heavy (non-hydrogen) atoms. The van der Waals surface area contributed by atoms with Crippen LogP contribution in [-0.2, 0) is 90.8 Å². The molecule has 2 saturated heterocycles. The fourth-order valence-corrected chi connectivity index (χ4v) is 10.5. The molecule has 0 aliphatic carbocycles. The van der Waals surface area contributed by atoms with Crippen LogP contribution >= 0.6 is 0 Å². The predicted molar refractivity (Wildman–Crippen MR) is 313 cm³/mol. The SMILES string of the molecule is O=C(CO[C@@H]1O[C@H](COCc2ccccc2)[C@@H](O[C@@H]2O[C@H](C(=O)OCc3ccccc3)[C@@H](OCc3ccccc3)[C@H](OCc3ccccc3)[C@H]2O)[C@@H](O)[C@H]1NC(=O)OCc1ccccc1)NC(c1ccccc1)(c1ccccc1)c1ccccc1. The molecule has 10 atom stereocenters. The van der Waals surface area contributed by atoms with Gasteiger partial charge in [0.1, 0.15) is 68.0 Å². The summed E-state index contributed by atoms with van der Waals surface area (Å²) < 4.78 is 57.4. The molecule has 8 aromatic rings. The van der Waals surface area contributed by atoms with E-state index in [2.05, 4.69) is 10.6 Å². The van der Waals surface area contributed by atoms with Crippen molar-refractivity contribution >= 4 is 18.0 Å². The minimum Gasteiger partial charge on any atom is -0.459 e. The number of aliphatic hydroxyl groups excluding tert-OH is 2. The Balaban J connectivity index is 0.976. The van der Waals surface area contributed by atoms with Gasteiger partial charge in [-0.15, -0.1) is 0 Å². The van der Waals surface area contributed by atoms with Gasteiger partial charge in [0, 0.05) is 0 Å². The van der Waals surface area contributed by atoms with E-state index in [9.17, 15) is 24.6 Å². The van der Waals surface area contributed by atoms with Crippen molar-refractivity contribution in [2.24, 2.45) is 0 Å². The summed E-state index contributed by atoms with van der Waals surface area (Å²) in [7, 11) is 0. The normalized spacial score (nSPS) is 22.1. The number of hydrogen-bond acceptors (Lipinski definition) is 14. The van der Waals surface area contributed by atoms with Crippen molar-refractivity contribution in [1.29, 1.82) is 0 Å². The van der Waals surface area contributed by atoms with Crippen LogP contribution in [-0.4, -0.2) is 103 Å². The van der Waals surface area contributed by atoms with Crippen LogP contribution in [0.2, 0.25) is 0 Å². The van der Waals surface area contributed by atoms with Gasteiger partial charge in [-0.3, -0.25) is 4.79 Å². The molecule has 2 fully saturated rings. The van der Waals surface area contributed by atoms with Gasteiger partial charge in [0.05, 0.1) is 26.4 Å². The average Bonchev–Trinajstić information content (AvgIpc) is 3.06. The Labute approximate surface area is 494 Å². The van der Waals surface area contributed by atoms with Crippen LogP contribution in [0.25, 0.3) is 0 Å². The minimum atomic E-state index is -1.79. The molecule has 0 unspecified atom stereocenters. The molecule has 0 bridgehead atoms. The maximum absolute atomic E-state index is 14.8. The zero-order valence-corrected chi connectivity index (χ0v) is 46.6. The van der Waals surface area contributed by atoms with Crippen molar-refractivity contribution in [2.75, 3.05) is 13.2 Å². The summed E-state index contributed by atoms with van der Waals surface area (Å²) in [5.74, 6) is -1.42. The number of esters is 1. The fourth-order valence-electron chi connectivity index (χ4n) is 10.5. The van der Waals surface area contributed by atoms with Crippen molar-refractivity contribution in [1.82, 2.24) is 10.6 Å². The first-order chi connectivity index (χ1) is 41.7. The quantitative estimate of drug-likeness (QED) is 0.0312. The number of carbonyl (C=O) groups is 3. The van der Waals surface area contributed by atoms with Gasteiger partial charge in [-0.2, -0.15) is 0 Å². The summed E-state index contributed by atoms with van der Waals surface area (Å²) in [6, 6.07) is 73.2. The van der Waals surface area contributed by atoms with Crippen LogP contribution in [0.5, 0.6) is 0 Å². The topological polar surface area (TPSA) is 199 Å². The first kappa shape index (κ1) is 59.8.